The molecule has 0 spiro atoms. The molecule has 0 bridgehead atoms. The highest BCUT2D eigenvalue weighted by molar-refractivity contribution is 5.88. The minimum Gasteiger partial charge on any atom is -0.382 e. The summed E-state index contributed by atoms with van der Waals surface area (Å²) in [5.74, 6) is -0.117. The first-order valence-electron chi connectivity index (χ1n) is 7.57. The highest BCUT2D eigenvalue weighted by Crippen LogP contribution is 2.17. The fourth-order valence-electron chi connectivity index (χ4n) is 2.23. The number of pyridine rings is 1. The summed E-state index contributed by atoms with van der Waals surface area (Å²) < 4.78 is 5.22. The first-order valence-corrected chi connectivity index (χ1v) is 7.57. The molecule has 5 heteroatoms. The lowest BCUT2D eigenvalue weighted by atomic mass is 10.0. The van der Waals surface area contributed by atoms with E-state index in [2.05, 4.69) is 15.6 Å². The van der Waals surface area contributed by atoms with Crippen LogP contribution >= 0.6 is 0 Å². The molecular formula is C18H23N3O2. The van der Waals surface area contributed by atoms with Gasteiger partial charge < -0.3 is 15.4 Å². The normalized spacial score (nSPS) is 12.5. The lowest BCUT2D eigenvalue weighted by Crippen LogP contribution is -2.49. The smallest absolute Gasteiger partial charge is 0.245 e. The van der Waals surface area contributed by atoms with Gasteiger partial charge in [-0.2, -0.15) is 0 Å². The van der Waals surface area contributed by atoms with Crippen molar-refractivity contribution in [2.75, 3.05) is 19.0 Å². The summed E-state index contributed by atoms with van der Waals surface area (Å²) in [7, 11) is 1.61. The Morgan fingerprint density at radius 2 is 1.87 bits per heavy atom. The third-order valence-corrected chi connectivity index (χ3v) is 3.48. The zero-order valence-corrected chi connectivity index (χ0v) is 13.7. The summed E-state index contributed by atoms with van der Waals surface area (Å²) in [6.45, 7) is 4.05. The maximum atomic E-state index is 12.7. The molecule has 2 rings (SSSR count). The quantitative estimate of drug-likeness (QED) is 0.825. The molecule has 0 saturated carbocycles. The molecule has 5 nitrogen and oxygen atoms in total. The Kier molecular flexibility index (Phi) is 5.71. The molecule has 1 aromatic heterocycles. The standard InChI is InChI=1S/C18H23N3O2/c1-18(2,21-14-9-5-4-6-10-14)17(22)20-16(13-23-3)15-11-7-8-12-19-15/h4-12,16,21H,13H2,1-3H3,(H,20,22). The van der Waals surface area contributed by atoms with Crippen LogP contribution in [-0.4, -0.2) is 30.1 Å². The number of methoxy groups -OCH3 is 1. The zero-order chi connectivity index (χ0) is 16.7. The molecule has 0 aliphatic carbocycles. The van der Waals surface area contributed by atoms with E-state index < -0.39 is 5.54 Å². The highest BCUT2D eigenvalue weighted by Gasteiger charge is 2.29. The SMILES string of the molecule is COCC(NC(=O)C(C)(C)Nc1ccccc1)c1ccccn1. The van der Waals surface area contributed by atoms with Crippen molar-refractivity contribution in [2.24, 2.45) is 0 Å². The van der Waals surface area contributed by atoms with Crippen LogP contribution in [0.25, 0.3) is 0 Å². The van der Waals surface area contributed by atoms with Gasteiger partial charge in [-0.25, -0.2) is 0 Å². The van der Waals surface area contributed by atoms with Crippen LogP contribution in [0.15, 0.2) is 54.7 Å². The highest BCUT2D eigenvalue weighted by atomic mass is 16.5. The predicted octanol–water partition coefficient (Wildman–Crippen LogP) is 2.78. The van der Waals surface area contributed by atoms with Crippen LogP contribution in [0.5, 0.6) is 0 Å². The number of ether oxygens (including phenoxy) is 1. The summed E-state index contributed by atoms with van der Waals surface area (Å²) in [6, 6.07) is 15.0. The molecule has 1 amide bonds. The van der Waals surface area contributed by atoms with E-state index in [1.807, 2.05) is 62.4 Å². The van der Waals surface area contributed by atoms with Crippen LogP contribution in [0.2, 0.25) is 0 Å². The zero-order valence-electron chi connectivity index (χ0n) is 13.7. The lowest BCUT2D eigenvalue weighted by molar-refractivity contribution is -0.125. The minimum absolute atomic E-state index is 0.117. The maximum absolute atomic E-state index is 12.7. The van der Waals surface area contributed by atoms with Crippen LogP contribution in [0.4, 0.5) is 5.69 Å². The number of amides is 1. The molecule has 0 aliphatic heterocycles. The molecule has 1 heterocycles. The average molecular weight is 313 g/mol. The van der Waals surface area contributed by atoms with Crippen LogP contribution in [0, 0.1) is 0 Å². The Labute approximate surface area is 137 Å². The van der Waals surface area contributed by atoms with E-state index in [1.54, 1.807) is 13.3 Å². The fourth-order valence-corrected chi connectivity index (χ4v) is 2.23. The summed E-state index contributed by atoms with van der Waals surface area (Å²) in [6.07, 6.45) is 1.71. The lowest BCUT2D eigenvalue weighted by Gasteiger charge is -2.29. The number of hydrogen-bond acceptors (Lipinski definition) is 4. The van der Waals surface area contributed by atoms with Gasteiger partial charge in [-0.1, -0.05) is 24.3 Å². The Morgan fingerprint density at radius 3 is 2.48 bits per heavy atom. The largest absolute Gasteiger partial charge is 0.382 e. The van der Waals surface area contributed by atoms with Gasteiger partial charge in [0.1, 0.15) is 5.54 Å². The third kappa shape index (κ3) is 4.79. The first kappa shape index (κ1) is 17.0. The second kappa shape index (κ2) is 7.74. The van der Waals surface area contributed by atoms with Gasteiger partial charge in [-0.15, -0.1) is 0 Å². The van der Waals surface area contributed by atoms with E-state index in [1.165, 1.54) is 0 Å². The molecule has 1 unspecified atom stereocenters. The second-order valence-electron chi connectivity index (χ2n) is 5.85. The second-order valence-corrected chi connectivity index (χ2v) is 5.85. The molecule has 1 aromatic carbocycles. The molecule has 23 heavy (non-hydrogen) atoms. The molecule has 0 saturated heterocycles. The van der Waals surface area contributed by atoms with Gasteiger partial charge >= 0.3 is 0 Å². The van der Waals surface area contributed by atoms with E-state index in [-0.39, 0.29) is 11.9 Å². The van der Waals surface area contributed by atoms with Gasteiger partial charge in [0.25, 0.3) is 0 Å². The maximum Gasteiger partial charge on any atom is 0.245 e. The summed E-state index contributed by atoms with van der Waals surface area (Å²) >= 11 is 0. The van der Waals surface area contributed by atoms with Crippen LogP contribution in [0.1, 0.15) is 25.6 Å². The number of rotatable bonds is 7. The number of carbonyl (C=O) groups excluding carboxylic acids is 1. The Balaban J connectivity index is 2.08. The Morgan fingerprint density at radius 1 is 1.17 bits per heavy atom. The van der Waals surface area contributed by atoms with Crippen LogP contribution in [0.3, 0.4) is 0 Å². The molecule has 122 valence electrons. The molecule has 2 N–H and O–H groups in total. The first-order chi connectivity index (χ1) is 11.0. The third-order valence-electron chi connectivity index (χ3n) is 3.48. The van der Waals surface area contributed by atoms with Crippen molar-refractivity contribution < 1.29 is 9.53 Å². The minimum atomic E-state index is -0.762. The van der Waals surface area contributed by atoms with Crippen molar-refractivity contribution in [1.82, 2.24) is 10.3 Å². The topological polar surface area (TPSA) is 63.2 Å². The van der Waals surface area contributed by atoms with Crippen molar-refractivity contribution in [3.63, 3.8) is 0 Å². The van der Waals surface area contributed by atoms with Crippen molar-refractivity contribution >= 4 is 11.6 Å². The average Bonchev–Trinajstić information content (AvgIpc) is 2.55. The van der Waals surface area contributed by atoms with E-state index in [0.29, 0.717) is 6.61 Å². The number of hydrogen-bond donors (Lipinski definition) is 2. The van der Waals surface area contributed by atoms with Crippen LogP contribution < -0.4 is 10.6 Å². The Bertz CT molecular complexity index is 615. The summed E-state index contributed by atoms with van der Waals surface area (Å²) in [4.78, 5) is 17.0. The van der Waals surface area contributed by atoms with Gasteiger partial charge in [0, 0.05) is 19.0 Å². The monoisotopic (exact) mass is 313 g/mol. The number of para-hydroxylation sites is 1. The molecular weight excluding hydrogens is 290 g/mol. The molecule has 0 aliphatic rings. The number of aromatic nitrogens is 1. The van der Waals surface area contributed by atoms with Gasteiger partial charge in [0.15, 0.2) is 0 Å². The Hall–Kier alpha value is -2.40. The molecule has 0 fully saturated rings. The number of carbonyl (C=O) groups is 1. The van der Waals surface area contributed by atoms with Crippen molar-refractivity contribution in [3.05, 3.63) is 60.4 Å². The van der Waals surface area contributed by atoms with Crippen molar-refractivity contribution in [2.45, 2.75) is 25.4 Å². The summed E-state index contributed by atoms with van der Waals surface area (Å²) in [5, 5.41) is 6.25. The molecule has 2 aromatic rings. The van der Waals surface area contributed by atoms with Gasteiger partial charge in [0.2, 0.25) is 5.91 Å². The predicted molar refractivity (Wildman–Crippen MR) is 91.1 cm³/mol. The number of benzene rings is 1. The van der Waals surface area contributed by atoms with Crippen LogP contribution in [-0.2, 0) is 9.53 Å². The van der Waals surface area contributed by atoms with E-state index >= 15 is 0 Å². The van der Waals surface area contributed by atoms with Crippen molar-refractivity contribution in [1.29, 1.82) is 0 Å². The van der Waals surface area contributed by atoms with E-state index in [0.717, 1.165) is 11.4 Å². The molecule has 0 radical (unpaired) electrons. The van der Waals surface area contributed by atoms with Gasteiger partial charge in [0.05, 0.1) is 18.3 Å². The van der Waals surface area contributed by atoms with E-state index in [4.69, 9.17) is 4.74 Å². The van der Waals surface area contributed by atoms with Crippen molar-refractivity contribution in [3.8, 4) is 0 Å². The summed E-state index contributed by atoms with van der Waals surface area (Å²) in [5.41, 5.74) is 0.911. The van der Waals surface area contributed by atoms with Gasteiger partial charge in [-0.05, 0) is 38.1 Å². The molecule has 1 atom stereocenters. The number of nitrogens with one attached hydrogen (secondary N) is 2. The van der Waals surface area contributed by atoms with E-state index in [9.17, 15) is 4.79 Å². The number of nitrogens with zero attached hydrogens (tertiary/aromatic N) is 1. The number of anilines is 1. The van der Waals surface area contributed by atoms with Gasteiger partial charge in [-0.3, -0.25) is 9.78 Å². The fraction of sp³-hybridized carbons (Fsp3) is 0.333.